The van der Waals surface area contributed by atoms with Gasteiger partial charge in [-0.2, -0.15) is 0 Å². The zero-order valence-electron chi connectivity index (χ0n) is 23.6. The summed E-state index contributed by atoms with van der Waals surface area (Å²) >= 11 is 6.19. The minimum Gasteiger partial charge on any atom is -0.489 e. The van der Waals surface area contributed by atoms with Crippen LogP contribution in [0.3, 0.4) is 0 Å². The Balaban J connectivity index is 1.61. The van der Waals surface area contributed by atoms with Gasteiger partial charge in [0.2, 0.25) is 11.8 Å². The zero-order valence-corrected chi connectivity index (χ0v) is 24.3. The number of rotatable bonds is 6. The van der Waals surface area contributed by atoms with E-state index in [2.05, 4.69) is 10.6 Å². The lowest BCUT2D eigenvalue weighted by atomic mass is 10.0. The quantitative estimate of drug-likeness (QED) is 0.365. The first-order valence-corrected chi connectivity index (χ1v) is 14.4. The molecule has 0 bridgehead atoms. The molecule has 224 valence electrons. The van der Waals surface area contributed by atoms with Crippen LogP contribution >= 0.6 is 11.6 Å². The second-order valence-electron chi connectivity index (χ2n) is 10.2. The standard InChI is InChI=1S/C33H34ClN3O6/c34-25-13-14-26-29(22-25)43-20-8-7-18-37(19-17-23-9-3-1-4-10-23)30(38)16-15-27(33(41)42)35-32(40)28(36-31(26)39)21-24-11-5-2-6-12-24/h1-14,22,27-28H,15-21H2,(H,35,40)(H,36,39)(H,41,42). The topological polar surface area (TPSA) is 125 Å². The molecule has 4 rings (SSSR count). The number of hydrogen-bond donors (Lipinski definition) is 3. The minimum absolute atomic E-state index is 0.0873. The summed E-state index contributed by atoms with van der Waals surface area (Å²) in [5, 5.41) is 15.5. The Kier molecular flexibility index (Phi) is 11.3. The summed E-state index contributed by atoms with van der Waals surface area (Å²) < 4.78 is 5.87. The van der Waals surface area contributed by atoms with Gasteiger partial charge in [-0.05, 0) is 48.2 Å². The highest BCUT2D eigenvalue weighted by molar-refractivity contribution is 6.30. The molecule has 9 nitrogen and oxygen atoms in total. The SMILES string of the molecule is O=C1NC(Cc2ccccc2)C(=O)NC(C(=O)O)CCC(=O)N(CCc2ccccc2)CC=CCOc2cc(Cl)ccc21. The first kappa shape index (κ1) is 31.3. The van der Waals surface area contributed by atoms with Crippen molar-refractivity contribution in [2.24, 2.45) is 0 Å². The van der Waals surface area contributed by atoms with Crippen LogP contribution in [0.25, 0.3) is 0 Å². The van der Waals surface area contributed by atoms with Crippen LogP contribution in [0.2, 0.25) is 5.02 Å². The van der Waals surface area contributed by atoms with Gasteiger partial charge in [-0.15, -0.1) is 0 Å². The van der Waals surface area contributed by atoms with Gasteiger partial charge < -0.3 is 25.4 Å². The Labute approximate surface area is 255 Å². The van der Waals surface area contributed by atoms with E-state index in [1.807, 2.05) is 48.5 Å². The second-order valence-corrected chi connectivity index (χ2v) is 10.6. The molecule has 10 heteroatoms. The van der Waals surface area contributed by atoms with Gasteiger partial charge in [-0.3, -0.25) is 14.4 Å². The van der Waals surface area contributed by atoms with E-state index in [1.54, 1.807) is 35.3 Å². The maximum atomic E-state index is 13.5. The van der Waals surface area contributed by atoms with Gasteiger partial charge in [-0.1, -0.05) is 78.3 Å². The molecule has 2 atom stereocenters. The lowest BCUT2D eigenvalue weighted by Gasteiger charge is -2.24. The lowest BCUT2D eigenvalue weighted by Crippen LogP contribution is -2.52. The number of carboxylic acids is 1. The number of hydrogen-bond acceptors (Lipinski definition) is 5. The summed E-state index contributed by atoms with van der Waals surface area (Å²) in [5.41, 5.74) is 2.00. The summed E-state index contributed by atoms with van der Waals surface area (Å²) in [6.07, 6.45) is 4.07. The van der Waals surface area contributed by atoms with Gasteiger partial charge in [0, 0.05) is 31.0 Å². The molecule has 43 heavy (non-hydrogen) atoms. The molecule has 0 aliphatic carbocycles. The fourth-order valence-corrected chi connectivity index (χ4v) is 4.85. The molecule has 1 aliphatic heterocycles. The van der Waals surface area contributed by atoms with Crippen LogP contribution in [0.4, 0.5) is 0 Å². The number of fused-ring (bicyclic) bond motifs is 1. The van der Waals surface area contributed by atoms with Crippen LogP contribution in [0.1, 0.15) is 34.3 Å². The molecule has 0 spiro atoms. The number of carbonyl (C=O) groups excluding carboxylic acids is 3. The highest BCUT2D eigenvalue weighted by Crippen LogP contribution is 2.24. The first-order valence-electron chi connectivity index (χ1n) is 14.1. The van der Waals surface area contributed by atoms with Gasteiger partial charge in [0.15, 0.2) is 0 Å². The van der Waals surface area contributed by atoms with Gasteiger partial charge >= 0.3 is 5.97 Å². The monoisotopic (exact) mass is 603 g/mol. The largest absolute Gasteiger partial charge is 0.489 e. The predicted octanol–water partition coefficient (Wildman–Crippen LogP) is 4.05. The van der Waals surface area contributed by atoms with Crippen molar-refractivity contribution in [1.82, 2.24) is 15.5 Å². The molecular weight excluding hydrogens is 570 g/mol. The van der Waals surface area contributed by atoms with E-state index in [9.17, 15) is 24.3 Å². The fourth-order valence-electron chi connectivity index (χ4n) is 4.69. The Morgan fingerprint density at radius 2 is 1.63 bits per heavy atom. The van der Waals surface area contributed by atoms with Crippen molar-refractivity contribution < 1.29 is 29.0 Å². The van der Waals surface area contributed by atoms with Gasteiger partial charge in [0.05, 0.1) is 5.56 Å². The average molecular weight is 604 g/mol. The highest BCUT2D eigenvalue weighted by Gasteiger charge is 2.29. The molecule has 3 amide bonds. The van der Waals surface area contributed by atoms with Crippen molar-refractivity contribution in [2.45, 2.75) is 37.8 Å². The van der Waals surface area contributed by atoms with E-state index in [4.69, 9.17) is 16.3 Å². The van der Waals surface area contributed by atoms with E-state index in [1.165, 1.54) is 12.1 Å². The third kappa shape index (κ3) is 9.44. The second kappa shape index (κ2) is 15.6. The Morgan fingerprint density at radius 1 is 0.930 bits per heavy atom. The molecule has 3 aromatic rings. The van der Waals surface area contributed by atoms with E-state index in [0.29, 0.717) is 18.0 Å². The third-order valence-corrected chi connectivity index (χ3v) is 7.28. The Bertz CT molecular complexity index is 1450. The van der Waals surface area contributed by atoms with Crippen molar-refractivity contribution in [2.75, 3.05) is 19.7 Å². The molecule has 0 fully saturated rings. The average Bonchev–Trinajstić information content (AvgIpc) is 3.00. The van der Waals surface area contributed by atoms with Crippen molar-refractivity contribution in [1.29, 1.82) is 0 Å². The van der Waals surface area contributed by atoms with Crippen molar-refractivity contribution in [3.63, 3.8) is 0 Å². The highest BCUT2D eigenvalue weighted by atomic mass is 35.5. The smallest absolute Gasteiger partial charge is 0.326 e. The van der Waals surface area contributed by atoms with E-state index in [-0.39, 0.29) is 49.6 Å². The number of halogens is 1. The maximum Gasteiger partial charge on any atom is 0.326 e. The van der Waals surface area contributed by atoms with E-state index in [0.717, 1.165) is 11.1 Å². The zero-order chi connectivity index (χ0) is 30.6. The minimum atomic E-state index is -1.33. The lowest BCUT2D eigenvalue weighted by molar-refractivity contribution is -0.142. The number of aliphatic carboxylic acids is 1. The number of benzene rings is 3. The van der Waals surface area contributed by atoms with Crippen LogP contribution in [0, 0.1) is 0 Å². The Hall–Kier alpha value is -4.63. The van der Waals surface area contributed by atoms with Gasteiger partial charge in [0.1, 0.15) is 24.4 Å². The van der Waals surface area contributed by atoms with Gasteiger partial charge in [0.25, 0.3) is 5.91 Å². The summed E-state index contributed by atoms with van der Waals surface area (Å²) in [6.45, 7) is 0.811. The third-order valence-electron chi connectivity index (χ3n) is 7.05. The maximum absolute atomic E-state index is 13.5. The molecule has 1 heterocycles. The molecule has 1 aliphatic rings. The van der Waals surface area contributed by atoms with Crippen LogP contribution in [-0.2, 0) is 27.2 Å². The first-order chi connectivity index (χ1) is 20.8. The molecule has 3 aromatic carbocycles. The molecular formula is C33H34ClN3O6. The summed E-state index contributed by atoms with van der Waals surface area (Å²) in [6, 6.07) is 20.9. The molecule has 0 radical (unpaired) electrons. The van der Waals surface area contributed by atoms with Crippen LogP contribution in [0.15, 0.2) is 91.0 Å². The number of carbonyl (C=O) groups is 4. The number of nitrogens with one attached hydrogen (secondary N) is 2. The summed E-state index contributed by atoms with van der Waals surface area (Å²) in [5.74, 6) is -2.55. The van der Waals surface area contributed by atoms with Crippen LogP contribution < -0.4 is 15.4 Å². The van der Waals surface area contributed by atoms with Crippen LogP contribution in [0.5, 0.6) is 5.75 Å². The number of carboxylic acid groups (broad SMARTS) is 1. The Morgan fingerprint density at radius 3 is 2.33 bits per heavy atom. The normalized spacial score (nSPS) is 18.5. The number of amides is 3. The molecule has 0 aromatic heterocycles. The molecule has 0 saturated heterocycles. The van der Waals surface area contributed by atoms with E-state index < -0.39 is 29.9 Å². The van der Waals surface area contributed by atoms with Gasteiger partial charge in [-0.25, -0.2) is 4.79 Å². The summed E-state index contributed by atoms with van der Waals surface area (Å²) in [4.78, 5) is 53.9. The number of ether oxygens (including phenoxy) is 1. The molecule has 3 N–H and O–H groups in total. The van der Waals surface area contributed by atoms with Crippen molar-refractivity contribution >= 4 is 35.3 Å². The molecule has 0 saturated carbocycles. The molecule has 2 unspecified atom stereocenters. The number of nitrogens with zero attached hydrogens (tertiary/aromatic N) is 1. The van der Waals surface area contributed by atoms with Crippen LogP contribution in [-0.4, -0.2) is 65.5 Å². The summed E-state index contributed by atoms with van der Waals surface area (Å²) in [7, 11) is 0. The fraction of sp³-hybridized carbons (Fsp3) is 0.273. The van der Waals surface area contributed by atoms with Crippen molar-refractivity contribution in [3.05, 3.63) is 113 Å². The van der Waals surface area contributed by atoms with Crippen molar-refractivity contribution in [3.8, 4) is 5.75 Å². The predicted molar refractivity (Wildman–Crippen MR) is 163 cm³/mol. The van der Waals surface area contributed by atoms with E-state index >= 15 is 0 Å².